The van der Waals surface area contributed by atoms with Crippen LogP contribution in [0, 0.1) is 0 Å². The van der Waals surface area contributed by atoms with Gasteiger partial charge in [-0.25, -0.2) is 4.79 Å². The van der Waals surface area contributed by atoms with Gasteiger partial charge in [0.25, 0.3) is 0 Å². The number of carbonyl (C=O) groups excluding carboxylic acids is 2. The minimum absolute atomic E-state index is 0.380. The monoisotopic (exact) mass is 349 g/mol. The van der Waals surface area contributed by atoms with Crippen molar-refractivity contribution in [3.05, 3.63) is 95.9 Å². The summed E-state index contributed by atoms with van der Waals surface area (Å²) in [6, 6.07) is 20.3. The molecule has 1 aromatic heterocycles. The summed E-state index contributed by atoms with van der Waals surface area (Å²) in [6.45, 7) is 0. The molecule has 3 amide bonds. The molecule has 26 heavy (non-hydrogen) atoms. The topological polar surface area (TPSA) is 97.4 Å². The number of hydrogen-bond acceptors (Lipinski definition) is 4. The minimum Gasteiger partial charge on any atom is -0.467 e. The van der Waals surface area contributed by atoms with Gasteiger partial charge in [-0.05, 0) is 23.3 Å². The van der Waals surface area contributed by atoms with Crippen LogP contribution >= 0.6 is 0 Å². The van der Waals surface area contributed by atoms with Crippen molar-refractivity contribution < 1.29 is 14.0 Å². The van der Waals surface area contributed by atoms with Gasteiger partial charge in [0.05, 0.1) is 12.3 Å². The first-order chi connectivity index (χ1) is 12.6. The molecular weight excluding hydrogens is 330 g/mol. The Hall–Kier alpha value is -3.38. The van der Waals surface area contributed by atoms with Gasteiger partial charge in [-0.15, -0.1) is 0 Å². The molecule has 6 nitrogen and oxygen atoms in total. The first kappa shape index (κ1) is 17.4. The Balaban J connectivity index is 1.97. The molecular formula is C20H19N3O3. The maximum Gasteiger partial charge on any atom is 0.318 e. The maximum atomic E-state index is 12.6. The van der Waals surface area contributed by atoms with Crippen molar-refractivity contribution in [1.82, 2.24) is 10.6 Å². The van der Waals surface area contributed by atoms with E-state index in [-0.39, 0.29) is 6.04 Å². The molecule has 0 radical (unpaired) electrons. The number of carbonyl (C=O) groups is 2. The molecule has 3 aromatic rings. The number of urea groups is 1. The Kier molecular flexibility index (Phi) is 5.46. The van der Waals surface area contributed by atoms with Crippen molar-refractivity contribution >= 4 is 11.9 Å². The Morgan fingerprint density at radius 1 is 0.846 bits per heavy atom. The molecule has 0 aliphatic heterocycles. The molecule has 1 heterocycles. The van der Waals surface area contributed by atoms with Crippen LogP contribution < -0.4 is 16.4 Å². The second-order valence-corrected chi connectivity index (χ2v) is 5.72. The highest BCUT2D eigenvalue weighted by Gasteiger charge is 2.27. The van der Waals surface area contributed by atoms with Gasteiger partial charge in [0.15, 0.2) is 0 Å². The predicted octanol–water partition coefficient (Wildman–Crippen LogP) is 2.89. The maximum absolute atomic E-state index is 12.6. The second-order valence-electron chi connectivity index (χ2n) is 5.72. The minimum atomic E-state index is -0.896. The summed E-state index contributed by atoms with van der Waals surface area (Å²) in [5, 5.41) is 5.43. The van der Waals surface area contributed by atoms with Crippen LogP contribution in [0.3, 0.4) is 0 Å². The van der Waals surface area contributed by atoms with E-state index < -0.39 is 18.0 Å². The highest BCUT2D eigenvalue weighted by atomic mass is 16.3. The van der Waals surface area contributed by atoms with Crippen LogP contribution in [-0.4, -0.2) is 11.9 Å². The zero-order valence-corrected chi connectivity index (χ0v) is 14.0. The van der Waals surface area contributed by atoms with E-state index in [2.05, 4.69) is 10.6 Å². The number of nitrogens with two attached hydrogens (primary N) is 1. The lowest BCUT2D eigenvalue weighted by molar-refractivity contribution is -0.122. The number of rotatable bonds is 6. The fourth-order valence-corrected chi connectivity index (χ4v) is 2.77. The molecule has 0 aliphatic carbocycles. The van der Waals surface area contributed by atoms with Crippen LogP contribution in [0.15, 0.2) is 83.5 Å². The lowest BCUT2D eigenvalue weighted by Crippen LogP contribution is -2.44. The molecule has 0 spiro atoms. The van der Waals surface area contributed by atoms with Gasteiger partial charge in [-0.1, -0.05) is 60.7 Å². The van der Waals surface area contributed by atoms with E-state index in [0.29, 0.717) is 11.3 Å². The zero-order chi connectivity index (χ0) is 18.4. The molecule has 2 aromatic carbocycles. The van der Waals surface area contributed by atoms with Crippen molar-refractivity contribution in [2.24, 2.45) is 5.73 Å². The molecule has 0 aliphatic rings. The Labute approximate surface area is 151 Å². The van der Waals surface area contributed by atoms with Crippen molar-refractivity contribution in [3.8, 4) is 0 Å². The van der Waals surface area contributed by atoms with Gasteiger partial charge in [0, 0.05) is 0 Å². The number of primary amides is 1. The highest BCUT2D eigenvalue weighted by molar-refractivity contribution is 5.96. The van der Waals surface area contributed by atoms with Crippen LogP contribution in [0.25, 0.3) is 0 Å². The summed E-state index contributed by atoms with van der Waals surface area (Å²) < 4.78 is 5.56. The fourth-order valence-electron chi connectivity index (χ4n) is 2.77. The Morgan fingerprint density at radius 3 is 2.00 bits per heavy atom. The number of benzene rings is 2. The highest BCUT2D eigenvalue weighted by Crippen LogP contribution is 2.26. The Bertz CT molecular complexity index is 849. The van der Waals surface area contributed by atoms with E-state index >= 15 is 0 Å². The summed E-state index contributed by atoms with van der Waals surface area (Å²) in [4.78, 5) is 23.8. The molecule has 0 unspecified atom stereocenters. The predicted molar refractivity (Wildman–Crippen MR) is 97.0 cm³/mol. The largest absolute Gasteiger partial charge is 0.467 e. The number of nitrogens with one attached hydrogen (secondary N) is 2. The van der Waals surface area contributed by atoms with Crippen molar-refractivity contribution in [3.63, 3.8) is 0 Å². The van der Waals surface area contributed by atoms with Crippen LogP contribution in [0.1, 0.15) is 29.0 Å². The van der Waals surface area contributed by atoms with Gasteiger partial charge in [0.1, 0.15) is 11.8 Å². The molecule has 6 heteroatoms. The molecule has 4 N–H and O–H groups in total. The van der Waals surface area contributed by atoms with Crippen LogP contribution in [0.4, 0.5) is 4.79 Å². The van der Waals surface area contributed by atoms with Gasteiger partial charge >= 0.3 is 6.03 Å². The van der Waals surface area contributed by atoms with Crippen molar-refractivity contribution in [2.45, 2.75) is 12.1 Å². The molecule has 0 saturated carbocycles. The van der Waals surface area contributed by atoms with Crippen LogP contribution in [0.5, 0.6) is 0 Å². The SMILES string of the molecule is NC(=O)NC(=O)[C@H](N[C@@H](c1ccccc1)c1ccco1)c1ccccc1. The third-order valence-electron chi connectivity index (χ3n) is 3.94. The van der Waals surface area contributed by atoms with Gasteiger partial charge in [0.2, 0.25) is 5.91 Å². The van der Waals surface area contributed by atoms with Crippen LogP contribution in [-0.2, 0) is 4.79 Å². The first-order valence-electron chi connectivity index (χ1n) is 8.15. The smallest absolute Gasteiger partial charge is 0.318 e. The number of imide groups is 1. The lowest BCUT2D eigenvalue weighted by atomic mass is 10.00. The summed E-state index contributed by atoms with van der Waals surface area (Å²) in [5.41, 5.74) is 6.76. The van der Waals surface area contributed by atoms with E-state index in [1.54, 1.807) is 12.3 Å². The third kappa shape index (κ3) is 4.17. The van der Waals surface area contributed by atoms with E-state index in [9.17, 15) is 9.59 Å². The van der Waals surface area contributed by atoms with Crippen molar-refractivity contribution in [1.29, 1.82) is 0 Å². The average molecular weight is 349 g/mol. The Morgan fingerprint density at radius 2 is 1.46 bits per heavy atom. The second kappa shape index (κ2) is 8.13. The van der Waals surface area contributed by atoms with Gasteiger partial charge < -0.3 is 10.2 Å². The first-order valence-corrected chi connectivity index (χ1v) is 8.15. The summed E-state index contributed by atoms with van der Waals surface area (Å²) in [6.07, 6.45) is 1.58. The average Bonchev–Trinajstić information content (AvgIpc) is 3.17. The summed E-state index contributed by atoms with van der Waals surface area (Å²) in [7, 11) is 0. The summed E-state index contributed by atoms with van der Waals surface area (Å²) >= 11 is 0. The zero-order valence-electron chi connectivity index (χ0n) is 14.0. The number of amides is 3. The molecule has 0 bridgehead atoms. The quantitative estimate of drug-likeness (QED) is 0.637. The number of hydrogen-bond donors (Lipinski definition) is 3. The standard InChI is InChI=1S/C20H19N3O3/c21-20(25)23-19(24)18(15-10-5-2-6-11-15)22-17(16-12-7-13-26-16)14-8-3-1-4-9-14/h1-13,17-18,22H,(H3,21,23,24,25)/t17-,18+/m0/s1. The molecule has 132 valence electrons. The third-order valence-corrected chi connectivity index (χ3v) is 3.94. The van der Waals surface area contributed by atoms with Gasteiger partial charge in [-0.2, -0.15) is 0 Å². The van der Waals surface area contributed by atoms with Crippen LogP contribution in [0.2, 0.25) is 0 Å². The summed E-state index contributed by atoms with van der Waals surface area (Å²) in [5.74, 6) is 0.125. The van der Waals surface area contributed by atoms with Gasteiger partial charge in [-0.3, -0.25) is 15.4 Å². The molecule has 0 fully saturated rings. The molecule has 3 rings (SSSR count). The van der Waals surface area contributed by atoms with E-state index in [0.717, 1.165) is 5.56 Å². The van der Waals surface area contributed by atoms with Crippen molar-refractivity contribution in [2.75, 3.05) is 0 Å². The van der Waals surface area contributed by atoms with E-state index in [1.807, 2.05) is 66.7 Å². The fraction of sp³-hybridized carbons (Fsp3) is 0.100. The lowest BCUT2D eigenvalue weighted by Gasteiger charge is -2.24. The molecule has 2 atom stereocenters. The molecule has 0 saturated heterocycles. The van der Waals surface area contributed by atoms with E-state index in [4.69, 9.17) is 10.2 Å². The number of furan rings is 1. The normalized spacial score (nSPS) is 12.9. The van der Waals surface area contributed by atoms with E-state index in [1.165, 1.54) is 0 Å².